The summed E-state index contributed by atoms with van der Waals surface area (Å²) in [5, 5.41) is 11.4. The Labute approximate surface area is 116 Å². The Balaban J connectivity index is 2.80. The molecule has 0 aliphatic carbocycles. The molecule has 1 rings (SSSR count). The van der Waals surface area contributed by atoms with Crippen LogP contribution in [0.2, 0.25) is 0 Å². The van der Waals surface area contributed by atoms with E-state index in [9.17, 15) is 14.0 Å². The molecule has 0 aromatic heterocycles. The molecule has 7 heteroatoms. The average Bonchev–Trinajstić information content (AvgIpc) is 2.35. The van der Waals surface area contributed by atoms with Gasteiger partial charge in [-0.2, -0.15) is 0 Å². The molecule has 6 nitrogen and oxygen atoms in total. The zero-order valence-electron chi connectivity index (χ0n) is 11.7. The molecule has 0 aliphatic rings. The van der Waals surface area contributed by atoms with Gasteiger partial charge < -0.3 is 20.2 Å². The average molecular weight is 283 g/mol. The van der Waals surface area contributed by atoms with Gasteiger partial charge in [0.15, 0.2) is 0 Å². The van der Waals surface area contributed by atoms with Gasteiger partial charge in [-0.1, -0.05) is 6.07 Å². The van der Waals surface area contributed by atoms with E-state index in [1.54, 1.807) is 7.05 Å². The lowest BCUT2D eigenvalue weighted by atomic mass is 10.1. The molecule has 1 aromatic rings. The van der Waals surface area contributed by atoms with Crippen LogP contribution in [-0.4, -0.2) is 61.1 Å². The Bertz CT molecular complexity index is 506. The number of carboxylic acids is 1. The van der Waals surface area contributed by atoms with Gasteiger partial charge in [-0.3, -0.25) is 0 Å². The highest BCUT2D eigenvalue weighted by Crippen LogP contribution is 2.19. The van der Waals surface area contributed by atoms with Crippen LogP contribution in [0.4, 0.5) is 14.9 Å². The fourth-order valence-corrected chi connectivity index (χ4v) is 1.51. The van der Waals surface area contributed by atoms with Crippen LogP contribution in [0.15, 0.2) is 18.2 Å². The minimum atomic E-state index is -1.42. The summed E-state index contributed by atoms with van der Waals surface area (Å²) in [6, 6.07) is 3.25. The minimum Gasteiger partial charge on any atom is -0.478 e. The topological polar surface area (TPSA) is 72.9 Å². The number of urea groups is 1. The lowest BCUT2D eigenvalue weighted by Crippen LogP contribution is -2.36. The number of carbonyl (C=O) groups is 2. The molecule has 2 N–H and O–H groups in total. The highest BCUT2D eigenvalue weighted by molar-refractivity contribution is 6.00. The van der Waals surface area contributed by atoms with Crippen molar-refractivity contribution in [3.8, 4) is 0 Å². The van der Waals surface area contributed by atoms with Crippen molar-refractivity contribution >= 4 is 17.7 Å². The maximum atomic E-state index is 13.5. The number of anilines is 1. The van der Waals surface area contributed by atoms with E-state index >= 15 is 0 Å². The Hall–Kier alpha value is -2.15. The number of rotatable bonds is 5. The second-order valence-electron chi connectivity index (χ2n) is 4.62. The van der Waals surface area contributed by atoms with E-state index in [1.165, 1.54) is 17.0 Å². The summed E-state index contributed by atoms with van der Waals surface area (Å²) >= 11 is 0. The van der Waals surface area contributed by atoms with Gasteiger partial charge in [0.1, 0.15) is 11.4 Å². The third-order valence-electron chi connectivity index (χ3n) is 2.70. The molecule has 0 heterocycles. The van der Waals surface area contributed by atoms with Crippen LogP contribution in [0.1, 0.15) is 10.4 Å². The summed E-state index contributed by atoms with van der Waals surface area (Å²) < 4.78 is 13.5. The minimum absolute atomic E-state index is 0.0563. The Morgan fingerprint density at radius 2 is 1.90 bits per heavy atom. The van der Waals surface area contributed by atoms with Crippen LogP contribution < -0.4 is 5.32 Å². The molecule has 0 radical (unpaired) electrons. The number of likely N-dealkylation sites (N-methyl/N-ethyl adjacent to an activating group) is 2. The number of benzene rings is 1. The number of nitrogens with zero attached hydrogens (tertiary/aromatic N) is 2. The summed E-state index contributed by atoms with van der Waals surface area (Å²) in [7, 11) is 5.33. The normalized spacial score (nSPS) is 10.4. The van der Waals surface area contributed by atoms with Crippen molar-refractivity contribution < 1.29 is 19.1 Å². The smallest absolute Gasteiger partial charge is 0.340 e. The van der Waals surface area contributed by atoms with Crippen molar-refractivity contribution in [3.05, 3.63) is 29.6 Å². The first-order valence-electron chi connectivity index (χ1n) is 6.01. The first-order chi connectivity index (χ1) is 9.32. The van der Waals surface area contributed by atoms with Crippen molar-refractivity contribution in [2.24, 2.45) is 0 Å². The van der Waals surface area contributed by atoms with Crippen LogP contribution in [0.25, 0.3) is 0 Å². The van der Waals surface area contributed by atoms with E-state index in [0.29, 0.717) is 13.1 Å². The third kappa shape index (κ3) is 4.20. The van der Waals surface area contributed by atoms with Crippen molar-refractivity contribution in [2.45, 2.75) is 0 Å². The summed E-state index contributed by atoms with van der Waals surface area (Å²) in [6.45, 7) is 1.13. The molecule has 2 amide bonds. The molecule has 0 unspecified atom stereocenters. The van der Waals surface area contributed by atoms with Crippen molar-refractivity contribution in [2.75, 3.05) is 39.5 Å². The van der Waals surface area contributed by atoms with E-state index in [2.05, 4.69) is 5.32 Å². The Kier molecular flexibility index (Phi) is 5.45. The van der Waals surface area contributed by atoms with Crippen LogP contribution in [-0.2, 0) is 0 Å². The number of aromatic carboxylic acids is 1. The second kappa shape index (κ2) is 6.85. The van der Waals surface area contributed by atoms with Crippen molar-refractivity contribution in [1.29, 1.82) is 0 Å². The predicted octanol–water partition coefficient (Wildman–Crippen LogP) is 1.55. The molecule has 0 saturated carbocycles. The number of halogens is 1. The van der Waals surface area contributed by atoms with Crippen molar-refractivity contribution in [1.82, 2.24) is 9.80 Å². The molecular formula is C13H18FN3O3. The summed E-state index contributed by atoms with van der Waals surface area (Å²) in [4.78, 5) is 26.2. The Morgan fingerprint density at radius 1 is 1.25 bits per heavy atom. The van der Waals surface area contributed by atoms with E-state index in [4.69, 9.17) is 5.11 Å². The molecular weight excluding hydrogens is 265 g/mol. The fourth-order valence-electron chi connectivity index (χ4n) is 1.51. The van der Waals surface area contributed by atoms with E-state index in [-0.39, 0.29) is 5.69 Å². The predicted molar refractivity (Wildman–Crippen MR) is 73.6 cm³/mol. The number of hydrogen-bond acceptors (Lipinski definition) is 3. The standard InChI is InChI=1S/C13H18FN3O3/c1-16(2)7-8-17(3)13(20)15-10-6-4-5-9(14)11(10)12(18)19/h4-6H,7-8H2,1-3H3,(H,15,20)(H,18,19). The molecule has 0 spiro atoms. The molecule has 0 aliphatic heterocycles. The maximum Gasteiger partial charge on any atom is 0.340 e. The van der Waals surface area contributed by atoms with Crippen molar-refractivity contribution in [3.63, 3.8) is 0 Å². The number of carboxylic acid groups (broad SMARTS) is 1. The number of amides is 2. The first kappa shape index (κ1) is 15.9. The zero-order chi connectivity index (χ0) is 15.3. The first-order valence-corrected chi connectivity index (χ1v) is 6.01. The molecule has 0 atom stereocenters. The monoisotopic (exact) mass is 283 g/mol. The van der Waals surface area contributed by atoms with Crippen LogP contribution in [0.5, 0.6) is 0 Å². The molecule has 0 bridgehead atoms. The highest BCUT2D eigenvalue weighted by atomic mass is 19.1. The maximum absolute atomic E-state index is 13.5. The van der Waals surface area contributed by atoms with Gasteiger partial charge >= 0.3 is 12.0 Å². The van der Waals surface area contributed by atoms with E-state index in [0.717, 1.165) is 6.07 Å². The summed E-state index contributed by atoms with van der Waals surface area (Å²) in [5.74, 6) is -2.31. The summed E-state index contributed by atoms with van der Waals surface area (Å²) in [6.07, 6.45) is 0. The van der Waals surface area contributed by atoms with E-state index < -0.39 is 23.4 Å². The van der Waals surface area contributed by atoms with E-state index in [1.807, 2.05) is 19.0 Å². The largest absolute Gasteiger partial charge is 0.478 e. The number of nitrogens with one attached hydrogen (secondary N) is 1. The van der Waals surface area contributed by atoms with Crippen LogP contribution >= 0.6 is 0 Å². The van der Waals surface area contributed by atoms with Gasteiger partial charge in [0.2, 0.25) is 0 Å². The van der Waals surface area contributed by atoms with Crippen LogP contribution in [0.3, 0.4) is 0 Å². The van der Waals surface area contributed by atoms with Gasteiger partial charge in [-0.15, -0.1) is 0 Å². The SMILES string of the molecule is CN(C)CCN(C)C(=O)Nc1cccc(F)c1C(=O)O. The lowest BCUT2D eigenvalue weighted by molar-refractivity contribution is 0.0693. The lowest BCUT2D eigenvalue weighted by Gasteiger charge is -2.20. The number of carbonyl (C=O) groups excluding carboxylic acids is 1. The van der Waals surface area contributed by atoms with Gasteiger partial charge in [0, 0.05) is 20.1 Å². The zero-order valence-corrected chi connectivity index (χ0v) is 11.7. The van der Waals surface area contributed by atoms with Gasteiger partial charge in [0.25, 0.3) is 0 Å². The molecule has 0 fully saturated rings. The van der Waals surface area contributed by atoms with Gasteiger partial charge in [-0.25, -0.2) is 14.0 Å². The van der Waals surface area contributed by atoms with Crippen LogP contribution in [0, 0.1) is 5.82 Å². The Morgan fingerprint density at radius 3 is 2.45 bits per heavy atom. The summed E-state index contributed by atoms with van der Waals surface area (Å²) in [5.41, 5.74) is -0.596. The molecule has 110 valence electrons. The molecule has 1 aromatic carbocycles. The highest BCUT2D eigenvalue weighted by Gasteiger charge is 2.18. The second-order valence-corrected chi connectivity index (χ2v) is 4.62. The molecule has 20 heavy (non-hydrogen) atoms. The fraction of sp³-hybridized carbons (Fsp3) is 0.385. The molecule has 0 saturated heterocycles. The van der Waals surface area contributed by atoms with Gasteiger partial charge in [0.05, 0.1) is 5.69 Å². The quantitative estimate of drug-likeness (QED) is 0.860. The number of hydrogen-bond donors (Lipinski definition) is 2. The third-order valence-corrected chi connectivity index (χ3v) is 2.70. The van der Waals surface area contributed by atoms with Gasteiger partial charge in [-0.05, 0) is 26.2 Å².